The van der Waals surface area contributed by atoms with E-state index in [1.807, 2.05) is 39.0 Å². The summed E-state index contributed by atoms with van der Waals surface area (Å²) < 4.78 is 5.50. The highest BCUT2D eigenvalue weighted by atomic mass is 16.5. The maximum absolute atomic E-state index is 11.1. The van der Waals surface area contributed by atoms with Crippen molar-refractivity contribution in [3.8, 4) is 22.8 Å². The second kappa shape index (κ2) is 6.58. The summed E-state index contributed by atoms with van der Waals surface area (Å²) >= 11 is 0. The Morgan fingerprint density at radius 3 is 2.93 bits per heavy atom. The number of aromatic nitrogens is 4. The van der Waals surface area contributed by atoms with Crippen LogP contribution in [0, 0.1) is 6.92 Å². The van der Waals surface area contributed by atoms with Crippen molar-refractivity contribution >= 4 is 30.3 Å². The molecule has 2 N–H and O–H groups in total. The number of H-pyrrole nitrogens is 1. The third kappa shape index (κ3) is 3.10. The van der Waals surface area contributed by atoms with Crippen LogP contribution >= 0.6 is 0 Å². The molecule has 4 aromatic rings. The molecule has 1 aliphatic rings. The predicted octanol–water partition coefficient (Wildman–Crippen LogP) is 2.35. The van der Waals surface area contributed by atoms with Crippen LogP contribution in [0.2, 0.25) is 0 Å². The maximum atomic E-state index is 11.1. The molecule has 0 amide bonds. The number of hydrogen-bond donors (Lipinski definition) is 2. The Morgan fingerprint density at radius 1 is 1.28 bits per heavy atom. The van der Waals surface area contributed by atoms with Crippen LogP contribution in [0.1, 0.15) is 35.7 Å². The Morgan fingerprint density at radius 2 is 2.14 bits per heavy atom. The zero-order valence-electron chi connectivity index (χ0n) is 16.2. The second-order valence-corrected chi connectivity index (χ2v) is 7.67. The molecular weight excluding hydrogens is 367 g/mol. The molecule has 7 nitrogen and oxygen atoms in total. The van der Waals surface area contributed by atoms with Crippen LogP contribution < -0.4 is 5.59 Å². The minimum atomic E-state index is -0.761. The fourth-order valence-corrected chi connectivity index (χ4v) is 4.32. The lowest BCUT2D eigenvalue weighted by atomic mass is 10.0. The molecule has 1 atom stereocenters. The number of fused-ring (bicyclic) bond motifs is 3. The summed E-state index contributed by atoms with van der Waals surface area (Å²) in [5.74, 6) is 0.287. The third-order valence-corrected chi connectivity index (χ3v) is 5.52. The summed E-state index contributed by atoms with van der Waals surface area (Å²) in [6, 6.07) is 9.87. The van der Waals surface area contributed by atoms with Gasteiger partial charge in [-0.3, -0.25) is 9.78 Å². The number of aromatic amines is 1. The van der Waals surface area contributed by atoms with Crippen LogP contribution in [-0.2, 0) is 11.2 Å². The molecule has 29 heavy (non-hydrogen) atoms. The van der Waals surface area contributed by atoms with E-state index in [9.17, 15) is 4.79 Å². The Labute approximate surface area is 167 Å². The highest BCUT2D eigenvalue weighted by molar-refractivity contribution is 6.30. The summed E-state index contributed by atoms with van der Waals surface area (Å²) in [7, 11) is 1.94. The lowest BCUT2D eigenvalue weighted by molar-refractivity contribution is -0.137. The number of aryl methyl sites for hydroxylation is 2. The van der Waals surface area contributed by atoms with E-state index in [-0.39, 0.29) is 12.3 Å². The molecule has 3 aromatic heterocycles. The van der Waals surface area contributed by atoms with Crippen molar-refractivity contribution < 1.29 is 14.4 Å². The Bertz CT molecular complexity index is 1240. The van der Waals surface area contributed by atoms with E-state index in [0.29, 0.717) is 11.7 Å². The van der Waals surface area contributed by atoms with Crippen LogP contribution in [0.15, 0.2) is 34.9 Å². The number of hydrogen-bond acceptors (Lipinski definition) is 5. The Kier molecular flexibility index (Phi) is 4.01. The van der Waals surface area contributed by atoms with Crippen LogP contribution in [0.5, 0.6) is 0 Å². The second-order valence-electron chi connectivity index (χ2n) is 7.67. The Hall–Kier alpha value is -3.42. The molecule has 0 saturated heterocycles. The van der Waals surface area contributed by atoms with Gasteiger partial charge in [0.25, 0.3) is 5.89 Å². The smallest absolute Gasteiger partial charge is 0.304 e. The van der Waals surface area contributed by atoms with Gasteiger partial charge in [0, 0.05) is 39.3 Å². The number of carboxylic acid groups (broad SMARTS) is 1. The molecule has 0 fully saturated rings. The standard InChI is InChI=1S/C21H19BN4O3/c1-10-6-13(8-17(22)23-10)21-25-20(26-29-21)12-3-5-16-15(7-12)14-4-2-11(9-18(27)28)19(14)24-16/h3,5-8,11,24H,2,4,9,22H2,1H3,(H,27,28). The van der Waals surface area contributed by atoms with E-state index in [1.54, 1.807) is 0 Å². The number of nitrogens with zero attached hydrogens (tertiary/aromatic N) is 3. The summed E-state index contributed by atoms with van der Waals surface area (Å²) in [6.07, 6.45) is 1.90. The number of benzene rings is 1. The average Bonchev–Trinajstić information content (AvgIpc) is 3.36. The van der Waals surface area contributed by atoms with Gasteiger partial charge in [-0.25, -0.2) is 0 Å². The van der Waals surface area contributed by atoms with Crippen LogP contribution in [0.4, 0.5) is 0 Å². The van der Waals surface area contributed by atoms with E-state index in [2.05, 4.69) is 26.2 Å². The topological polar surface area (TPSA) is 105 Å². The van der Waals surface area contributed by atoms with Crippen LogP contribution in [0.25, 0.3) is 33.7 Å². The number of nitrogens with one attached hydrogen (secondary N) is 1. The van der Waals surface area contributed by atoms with E-state index in [4.69, 9.17) is 9.63 Å². The largest absolute Gasteiger partial charge is 0.481 e. The molecule has 1 aromatic carbocycles. The van der Waals surface area contributed by atoms with Crippen LogP contribution in [0.3, 0.4) is 0 Å². The molecular formula is C21H19BN4O3. The zero-order chi connectivity index (χ0) is 20.1. The minimum absolute atomic E-state index is 0.0493. The van der Waals surface area contributed by atoms with Crippen molar-refractivity contribution in [2.24, 2.45) is 0 Å². The van der Waals surface area contributed by atoms with Crippen molar-refractivity contribution in [2.75, 3.05) is 0 Å². The van der Waals surface area contributed by atoms with Crippen LogP contribution in [-0.4, -0.2) is 39.0 Å². The van der Waals surface area contributed by atoms with Gasteiger partial charge in [-0.1, -0.05) is 5.16 Å². The predicted molar refractivity (Wildman–Crippen MR) is 111 cm³/mol. The number of carbonyl (C=O) groups is 1. The molecule has 0 bridgehead atoms. The van der Waals surface area contributed by atoms with E-state index < -0.39 is 5.97 Å². The van der Waals surface area contributed by atoms with Crippen molar-refractivity contribution in [3.63, 3.8) is 0 Å². The molecule has 0 saturated carbocycles. The van der Waals surface area contributed by atoms with E-state index >= 15 is 0 Å². The first kappa shape index (κ1) is 17.7. The van der Waals surface area contributed by atoms with Gasteiger partial charge in [0.1, 0.15) is 0 Å². The van der Waals surface area contributed by atoms with Gasteiger partial charge >= 0.3 is 5.97 Å². The molecule has 5 rings (SSSR count). The van der Waals surface area contributed by atoms with Gasteiger partial charge in [0.15, 0.2) is 7.85 Å². The van der Waals surface area contributed by atoms with Crippen molar-refractivity contribution in [3.05, 3.63) is 47.3 Å². The van der Waals surface area contributed by atoms with Gasteiger partial charge in [-0.15, -0.1) is 0 Å². The lowest BCUT2D eigenvalue weighted by Gasteiger charge is -2.05. The van der Waals surface area contributed by atoms with Gasteiger partial charge in [0.2, 0.25) is 5.82 Å². The molecule has 0 aliphatic heterocycles. The molecule has 3 heterocycles. The molecule has 144 valence electrons. The first-order chi connectivity index (χ1) is 14.0. The lowest BCUT2D eigenvalue weighted by Crippen LogP contribution is -2.09. The first-order valence-corrected chi connectivity index (χ1v) is 9.64. The third-order valence-electron chi connectivity index (χ3n) is 5.52. The van der Waals surface area contributed by atoms with Gasteiger partial charge in [-0.2, -0.15) is 4.98 Å². The van der Waals surface area contributed by atoms with Gasteiger partial charge in [0.05, 0.1) is 6.42 Å². The highest BCUT2D eigenvalue weighted by Crippen LogP contribution is 2.40. The Balaban J connectivity index is 1.52. The minimum Gasteiger partial charge on any atom is -0.481 e. The number of rotatable bonds is 4. The number of carboxylic acids is 1. The van der Waals surface area contributed by atoms with Gasteiger partial charge < -0.3 is 14.6 Å². The summed E-state index contributed by atoms with van der Waals surface area (Å²) in [5.41, 5.74) is 6.80. The summed E-state index contributed by atoms with van der Waals surface area (Å²) in [4.78, 5) is 23.5. The number of aliphatic carboxylic acids is 1. The molecule has 0 spiro atoms. The number of pyridine rings is 1. The summed E-state index contributed by atoms with van der Waals surface area (Å²) in [5, 5.41) is 14.4. The summed E-state index contributed by atoms with van der Waals surface area (Å²) in [6.45, 7) is 1.94. The normalized spacial score (nSPS) is 15.7. The van der Waals surface area contributed by atoms with Crippen molar-refractivity contribution in [2.45, 2.75) is 32.1 Å². The first-order valence-electron chi connectivity index (χ1n) is 9.64. The van der Waals surface area contributed by atoms with Crippen molar-refractivity contribution in [1.82, 2.24) is 20.1 Å². The molecule has 0 radical (unpaired) electrons. The maximum Gasteiger partial charge on any atom is 0.304 e. The highest BCUT2D eigenvalue weighted by Gasteiger charge is 2.28. The molecule has 8 heteroatoms. The average molecular weight is 386 g/mol. The zero-order valence-corrected chi connectivity index (χ0v) is 16.2. The quantitative estimate of drug-likeness (QED) is 0.522. The van der Waals surface area contributed by atoms with Gasteiger partial charge in [-0.05, 0) is 61.3 Å². The fraction of sp³-hybridized carbons (Fsp3) is 0.238. The van der Waals surface area contributed by atoms with Crippen molar-refractivity contribution in [1.29, 1.82) is 0 Å². The fourth-order valence-electron chi connectivity index (χ4n) is 4.32. The van der Waals surface area contributed by atoms with E-state index in [0.717, 1.165) is 51.9 Å². The van der Waals surface area contributed by atoms with E-state index in [1.165, 1.54) is 5.56 Å². The molecule has 1 aliphatic carbocycles. The SMILES string of the molecule is Bc1cc(-c2nc(-c3ccc4[nH]c5c(c4c3)CCC5CC(=O)O)no2)cc(C)n1. The molecule has 1 unspecified atom stereocenters. The monoisotopic (exact) mass is 386 g/mol.